The van der Waals surface area contributed by atoms with E-state index in [4.69, 9.17) is 4.74 Å². The summed E-state index contributed by atoms with van der Waals surface area (Å²) in [5.74, 6) is 0.829. The van der Waals surface area contributed by atoms with E-state index < -0.39 is 0 Å². The molecule has 1 aromatic carbocycles. The number of hydrogen-bond donors (Lipinski definition) is 2. The Morgan fingerprint density at radius 1 is 1.36 bits per heavy atom. The molecule has 0 bridgehead atoms. The minimum Gasteiger partial charge on any atom is -0.497 e. The lowest BCUT2D eigenvalue weighted by Gasteiger charge is -2.25. The van der Waals surface area contributed by atoms with Crippen LogP contribution in [0.2, 0.25) is 0 Å². The Kier molecular flexibility index (Phi) is 3.16. The van der Waals surface area contributed by atoms with Crippen molar-refractivity contribution in [2.45, 2.75) is 12.5 Å². The first kappa shape index (κ1) is 13.1. The van der Waals surface area contributed by atoms with E-state index in [2.05, 4.69) is 26.4 Å². The van der Waals surface area contributed by atoms with E-state index >= 15 is 0 Å². The number of methoxy groups -OCH3 is 1. The Bertz CT molecular complexity index is 778. The smallest absolute Gasteiger partial charge is 0.119 e. The molecule has 2 N–H and O–H groups in total. The van der Waals surface area contributed by atoms with Gasteiger partial charge < -0.3 is 15.0 Å². The van der Waals surface area contributed by atoms with Crippen molar-refractivity contribution in [3.8, 4) is 11.4 Å². The van der Waals surface area contributed by atoms with E-state index in [0.29, 0.717) is 0 Å². The Hall–Kier alpha value is -2.60. The van der Waals surface area contributed by atoms with Crippen molar-refractivity contribution < 1.29 is 4.74 Å². The van der Waals surface area contributed by atoms with Crippen LogP contribution in [-0.2, 0) is 6.42 Å². The van der Waals surface area contributed by atoms with Crippen LogP contribution in [0.3, 0.4) is 0 Å². The quantitative estimate of drug-likeness (QED) is 0.773. The first-order valence-electron chi connectivity index (χ1n) is 7.30. The van der Waals surface area contributed by atoms with Crippen LogP contribution in [0.5, 0.6) is 5.75 Å². The third-order valence-electron chi connectivity index (χ3n) is 4.05. The van der Waals surface area contributed by atoms with Crippen LogP contribution in [0.1, 0.15) is 23.0 Å². The largest absolute Gasteiger partial charge is 0.497 e. The van der Waals surface area contributed by atoms with Gasteiger partial charge >= 0.3 is 0 Å². The van der Waals surface area contributed by atoms with E-state index in [1.54, 1.807) is 19.6 Å². The number of benzene rings is 1. The Labute approximate surface area is 128 Å². The van der Waals surface area contributed by atoms with Gasteiger partial charge in [0, 0.05) is 36.6 Å². The maximum atomic E-state index is 5.40. The van der Waals surface area contributed by atoms with Crippen molar-refractivity contribution in [1.82, 2.24) is 25.1 Å². The SMILES string of the molecule is COc1ccc(-n2cccn2)c(C2NCCc3[nH]cnc32)c1. The van der Waals surface area contributed by atoms with Gasteiger partial charge in [0.1, 0.15) is 5.75 Å². The second kappa shape index (κ2) is 5.31. The van der Waals surface area contributed by atoms with E-state index in [0.717, 1.165) is 35.7 Å². The zero-order valence-corrected chi connectivity index (χ0v) is 12.3. The van der Waals surface area contributed by atoms with Crippen LogP contribution in [0, 0.1) is 0 Å². The summed E-state index contributed by atoms with van der Waals surface area (Å²) in [7, 11) is 1.68. The number of rotatable bonds is 3. The molecule has 0 spiro atoms. The highest BCUT2D eigenvalue weighted by Crippen LogP contribution is 2.32. The maximum absolute atomic E-state index is 5.40. The van der Waals surface area contributed by atoms with Crippen LogP contribution in [0.15, 0.2) is 43.0 Å². The molecular weight excluding hydrogens is 278 g/mol. The summed E-state index contributed by atoms with van der Waals surface area (Å²) in [6, 6.07) is 7.99. The van der Waals surface area contributed by atoms with Crippen molar-refractivity contribution in [3.05, 3.63) is 59.9 Å². The average Bonchev–Trinajstić information content (AvgIpc) is 3.25. The van der Waals surface area contributed by atoms with Gasteiger partial charge in [0.15, 0.2) is 0 Å². The van der Waals surface area contributed by atoms with Gasteiger partial charge in [-0.05, 0) is 24.3 Å². The standard InChI is InChI=1S/C16H17N5O/c1-22-11-3-4-14(21-8-2-6-20-21)12(9-11)15-16-13(5-7-17-15)18-10-19-16/h2-4,6,8-10,15,17H,5,7H2,1H3,(H,18,19). The van der Waals surface area contributed by atoms with Crippen LogP contribution >= 0.6 is 0 Å². The molecule has 0 radical (unpaired) electrons. The molecule has 1 unspecified atom stereocenters. The minimum absolute atomic E-state index is 0.0318. The first-order chi connectivity index (χ1) is 10.9. The van der Waals surface area contributed by atoms with E-state index in [9.17, 15) is 0 Å². The van der Waals surface area contributed by atoms with Crippen LogP contribution < -0.4 is 10.1 Å². The number of ether oxygens (including phenoxy) is 1. The topological polar surface area (TPSA) is 67.8 Å². The summed E-state index contributed by atoms with van der Waals surface area (Å²) in [6.07, 6.45) is 6.45. The van der Waals surface area contributed by atoms with Gasteiger partial charge in [0.05, 0.1) is 30.9 Å². The molecule has 3 aromatic rings. The van der Waals surface area contributed by atoms with Gasteiger partial charge in [-0.25, -0.2) is 9.67 Å². The fourth-order valence-electron chi connectivity index (χ4n) is 2.99. The average molecular weight is 295 g/mol. The summed E-state index contributed by atoms with van der Waals surface area (Å²) >= 11 is 0. The minimum atomic E-state index is 0.0318. The number of hydrogen-bond acceptors (Lipinski definition) is 4. The molecule has 6 nitrogen and oxygen atoms in total. The molecule has 3 heterocycles. The van der Waals surface area contributed by atoms with E-state index in [1.807, 2.05) is 29.1 Å². The molecule has 2 aromatic heterocycles. The fraction of sp³-hybridized carbons (Fsp3) is 0.250. The number of H-pyrrole nitrogens is 1. The molecule has 1 aliphatic heterocycles. The highest BCUT2D eigenvalue weighted by molar-refractivity contribution is 5.50. The number of fused-ring (bicyclic) bond motifs is 1. The summed E-state index contributed by atoms with van der Waals surface area (Å²) in [4.78, 5) is 7.74. The highest BCUT2D eigenvalue weighted by Gasteiger charge is 2.26. The number of imidazole rings is 1. The van der Waals surface area contributed by atoms with Crippen molar-refractivity contribution in [1.29, 1.82) is 0 Å². The molecule has 1 atom stereocenters. The molecule has 1 aliphatic rings. The van der Waals surface area contributed by atoms with Crippen LogP contribution in [0.4, 0.5) is 0 Å². The molecule has 6 heteroatoms. The third kappa shape index (κ3) is 2.08. The van der Waals surface area contributed by atoms with E-state index in [1.165, 1.54) is 5.69 Å². The maximum Gasteiger partial charge on any atom is 0.119 e. The lowest BCUT2D eigenvalue weighted by Crippen LogP contribution is -2.31. The third-order valence-corrected chi connectivity index (χ3v) is 4.05. The second-order valence-corrected chi connectivity index (χ2v) is 5.28. The van der Waals surface area contributed by atoms with Gasteiger partial charge in [0.25, 0.3) is 0 Å². The lowest BCUT2D eigenvalue weighted by molar-refractivity contribution is 0.413. The van der Waals surface area contributed by atoms with Gasteiger partial charge in [-0.1, -0.05) is 0 Å². The Balaban J connectivity index is 1.87. The molecule has 0 amide bonds. The molecular formula is C16H17N5O. The van der Waals surface area contributed by atoms with Crippen molar-refractivity contribution in [3.63, 3.8) is 0 Å². The van der Waals surface area contributed by atoms with Gasteiger partial charge in [-0.2, -0.15) is 5.10 Å². The second-order valence-electron chi connectivity index (χ2n) is 5.28. The number of aromatic nitrogens is 4. The number of nitrogens with zero attached hydrogens (tertiary/aromatic N) is 3. The van der Waals surface area contributed by atoms with Crippen molar-refractivity contribution >= 4 is 0 Å². The molecule has 0 saturated heterocycles. The van der Waals surface area contributed by atoms with Crippen LogP contribution in [0.25, 0.3) is 5.69 Å². The van der Waals surface area contributed by atoms with Crippen molar-refractivity contribution in [2.24, 2.45) is 0 Å². The van der Waals surface area contributed by atoms with Crippen LogP contribution in [-0.4, -0.2) is 33.4 Å². The molecule has 4 rings (SSSR count). The summed E-state index contributed by atoms with van der Waals surface area (Å²) < 4.78 is 7.27. The molecule has 0 fully saturated rings. The summed E-state index contributed by atoms with van der Waals surface area (Å²) in [5.41, 5.74) is 4.38. The van der Waals surface area contributed by atoms with E-state index in [-0.39, 0.29) is 6.04 Å². The number of nitrogens with one attached hydrogen (secondary N) is 2. The zero-order chi connectivity index (χ0) is 14.9. The lowest BCUT2D eigenvalue weighted by atomic mass is 9.96. The number of aromatic amines is 1. The fourth-order valence-corrected chi connectivity index (χ4v) is 2.99. The summed E-state index contributed by atoms with van der Waals surface area (Å²) in [5, 5.41) is 7.91. The highest BCUT2D eigenvalue weighted by atomic mass is 16.5. The zero-order valence-electron chi connectivity index (χ0n) is 12.3. The monoisotopic (exact) mass is 295 g/mol. The summed E-state index contributed by atoms with van der Waals surface area (Å²) in [6.45, 7) is 0.912. The normalized spacial score (nSPS) is 17.2. The molecule has 22 heavy (non-hydrogen) atoms. The van der Waals surface area contributed by atoms with Gasteiger partial charge in [-0.3, -0.25) is 0 Å². The molecule has 0 saturated carbocycles. The van der Waals surface area contributed by atoms with Crippen molar-refractivity contribution in [2.75, 3.05) is 13.7 Å². The Morgan fingerprint density at radius 3 is 3.14 bits per heavy atom. The molecule has 0 aliphatic carbocycles. The molecule has 112 valence electrons. The predicted octanol–water partition coefficient (Wildman–Crippen LogP) is 1.84. The van der Waals surface area contributed by atoms with Gasteiger partial charge in [0.2, 0.25) is 0 Å². The Morgan fingerprint density at radius 2 is 2.32 bits per heavy atom. The van der Waals surface area contributed by atoms with Gasteiger partial charge in [-0.15, -0.1) is 0 Å². The first-order valence-corrected chi connectivity index (χ1v) is 7.30. The predicted molar refractivity (Wildman–Crippen MR) is 82.3 cm³/mol.